The summed E-state index contributed by atoms with van der Waals surface area (Å²) in [4.78, 5) is 24.3. The van der Waals surface area contributed by atoms with Gasteiger partial charge in [0.15, 0.2) is 0 Å². The van der Waals surface area contributed by atoms with E-state index in [1.165, 1.54) is 24.9 Å². The highest BCUT2D eigenvalue weighted by Crippen LogP contribution is 2.27. The van der Waals surface area contributed by atoms with Crippen molar-refractivity contribution in [1.82, 2.24) is 10.2 Å². The molecule has 2 N–H and O–H groups in total. The van der Waals surface area contributed by atoms with Gasteiger partial charge in [-0.05, 0) is 31.6 Å². The Balaban J connectivity index is 2.40. The summed E-state index contributed by atoms with van der Waals surface area (Å²) in [5.41, 5.74) is 0. The number of carboxylic acids is 1. The Morgan fingerprint density at radius 2 is 1.95 bits per heavy atom. The molecule has 0 atom stereocenters. The molecular weight excluding hydrogens is 272 g/mol. The van der Waals surface area contributed by atoms with Crippen molar-refractivity contribution in [2.24, 2.45) is 5.92 Å². The molecule has 0 spiro atoms. The molecule has 0 aliphatic heterocycles. The second kappa shape index (κ2) is 9.60. The lowest BCUT2D eigenvalue weighted by atomic mass is 9.83. The van der Waals surface area contributed by atoms with Crippen molar-refractivity contribution in [3.8, 4) is 0 Å². The summed E-state index contributed by atoms with van der Waals surface area (Å²) in [6.07, 6.45) is 6.75. The lowest BCUT2D eigenvalue weighted by molar-refractivity contribution is -0.137. The Labute approximate surface area is 126 Å². The number of amides is 2. The van der Waals surface area contributed by atoms with Crippen LogP contribution in [-0.4, -0.2) is 54.9 Å². The summed E-state index contributed by atoms with van der Waals surface area (Å²) in [7, 11) is 1.53. The van der Waals surface area contributed by atoms with Crippen molar-refractivity contribution in [2.45, 2.75) is 51.5 Å². The second-order valence-corrected chi connectivity index (χ2v) is 5.76. The summed E-state index contributed by atoms with van der Waals surface area (Å²) in [6.45, 7) is 2.54. The molecule has 0 heterocycles. The van der Waals surface area contributed by atoms with Gasteiger partial charge in [0.1, 0.15) is 6.54 Å². The molecule has 6 heteroatoms. The highest BCUT2D eigenvalue weighted by Gasteiger charge is 2.24. The summed E-state index contributed by atoms with van der Waals surface area (Å²) in [5.74, 6) is -0.223. The number of carbonyl (C=O) groups is 2. The maximum atomic E-state index is 12.2. The molecule has 1 aliphatic carbocycles. The van der Waals surface area contributed by atoms with Crippen molar-refractivity contribution in [3.63, 3.8) is 0 Å². The third-order valence-electron chi connectivity index (χ3n) is 4.05. The van der Waals surface area contributed by atoms with E-state index >= 15 is 0 Å². The van der Waals surface area contributed by atoms with Crippen LogP contribution < -0.4 is 5.32 Å². The van der Waals surface area contributed by atoms with Crippen molar-refractivity contribution >= 4 is 12.0 Å². The van der Waals surface area contributed by atoms with Gasteiger partial charge in [0.2, 0.25) is 0 Å². The van der Waals surface area contributed by atoms with Crippen LogP contribution in [0.15, 0.2) is 0 Å². The van der Waals surface area contributed by atoms with Crippen LogP contribution >= 0.6 is 0 Å². The van der Waals surface area contributed by atoms with E-state index in [0.29, 0.717) is 13.2 Å². The van der Waals surface area contributed by atoms with Crippen molar-refractivity contribution < 1.29 is 19.4 Å². The van der Waals surface area contributed by atoms with E-state index in [1.54, 1.807) is 0 Å². The van der Waals surface area contributed by atoms with Crippen LogP contribution in [0.4, 0.5) is 4.79 Å². The minimum absolute atomic E-state index is 0.171. The van der Waals surface area contributed by atoms with Crippen LogP contribution in [0.2, 0.25) is 0 Å². The molecule has 0 saturated heterocycles. The number of hydrogen-bond acceptors (Lipinski definition) is 3. The van der Waals surface area contributed by atoms with Gasteiger partial charge < -0.3 is 20.1 Å². The predicted octanol–water partition coefficient (Wildman–Crippen LogP) is 2.09. The first-order valence-electron chi connectivity index (χ1n) is 7.83. The number of carbonyl (C=O) groups excluding carboxylic acids is 1. The molecule has 0 aromatic heterocycles. The third-order valence-corrected chi connectivity index (χ3v) is 4.05. The number of hydrogen-bond donors (Lipinski definition) is 2. The molecule has 122 valence electrons. The second-order valence-electron chi connectivity index (χ2n) is 5.76. The molecule has 21 heavy (non-hydrogen) atoms. The van der Waals surface area contributed by atoms with Gasteiger partial charge in [-0.2, -0.15) is 0 Å². The molecule has 1 rings (SSSR count). The number of aliphatic carboxylic acids is 1. The molecule has 0 radical (unpaired) electrons. The SMILES string of the molecule is CCCC1CCC(NC(=O)N(CCOC)CC(=O)O)CC1. The standard InChI is InChI=1S/C15H28N2O4/c1-3-4-12-5-7-13(8-6-12)16-15(20)17(9-10-21-2)11-14(18)19/h12-13H,3-11H2,1-2H3,(H,16,20)(H,18,19). The lowest BCUT2D eigenvalue weighted by Gasteiger charge is -2.31. The van der Waals surface area contributed by atoms with E-state index in [4.69, 9.17) is 9.84 Å². The molecule has 0 unspecified atom stereocenters. The molecular formula is C15H28N2O4. The number of rotatable bonds is 8. The fourth-order valence-corrected chi connectivity index (χ4v) is 2.89. The molecule has 0 aromatic rings. The Hall–Kier alpha value is -1.30. The fourth-order valence-electron chi connectivity index (χ4n) is 2.89. The summed E-state index contributed by atoms with van der Waals surface area (Å²) in [5, 5.41) is 11.8. The van der Waals surface area contributed by atoms with E-state index in [2.05, 4.69) is 12.2 Å². The highest BCUT2D eigenvalue weighted by molar-refractivity contribution is 5.80. The fraction of sp³-hybridized carbons (Fsp3) is 0.867. The van der Waals surface area contributed by atoms with Crippen LogP contribution in [-0.2, 0) is 9.53 Å². The first-order chi connectivity index (χ1) is 10.1. The highest BCUT2D eigenvalue weighted by atomic mass is 16.5. The Morgan fingerprint density at radius 1 is 1.29 bits per heavy atom. The van der Waals surface area contributed by atoms with E-state index in [1.807, 2.05) is 0 Å². The summed E-state index contributed by atoms with van der Waals surface area (Å²) in [6, 6.07) is -0.127. The molecule has 1 saturated carbocycles. The Morgan fingerprint density at radius 3 is 2.48 bits per heavy atom. The molecule has 1 aliphatic rings. The smallest absolute Gasteiger partial charge is 0.323 e. The molecule has 2 amide bonds. The predicted molar refractivity (Wildman–Crippen MR) is 80.3 cm³/mol. The number of nitrogens with one attached hydrogen (secondary N) is 1. The van der Waals surface area contributed by atoms with Gasteiger partial charge in [0.05, 0.1) is 6.61 Å². The minimum Gasteiger partial charge on any atom is -0.480 e. The zero-order valence-electron chi connectivity index (χ0n) is 13.1. The number of carboxylic acid groups (broad SMARTS) is 1. The Bertz CT molecular complexity index is 328. The van der Waals surface area contributed by atoms with Crippen LogP contribution in [0.3, 0.4) is 0 Å². The van der Waals surface area contributed by atoms with Crippen molar-refractivity contribution in [1.29, 1.82) is 0 Å². The van der Waals surface area contributed by atoms with Gasteiger partial charge in [-0.15, -0.1) is 0 Å². The lowest BCUT2D eigenvalue weighted by Crippen LogP contribution is -2.48. The zero-order valence-corrected chi connectivity index (χ0v) is 13.1. The van der Waals surface area contributed by atoms with E-state index in [0.717, 1.165) is 31.6 Å². The van der Waals surface area contributed by atoms with Crippen molar-refractivity contribution in [2.75, 3.05) is 26.8 Å². The van der Waals surface area contributed by atoms with Crippen LogP contribution in [0, 0.1) is 5.92 Å². The number of urea groups is 1. The average Bonchev–Trinajstić information content (AvgIpc) is 2.45. The number of methoxy groups -OCH3 is 1. The number of nitrogens with zero attached hydrogens (tertiary/aromatic N) is 1. The van der Waals surface area contributed by atoms with Gasteiger partial charge in [0.25, 0.3) is 0 Å². The zero-order chi connectivity index (χ0) is 15.7. The maximum absolute atomic E-state index is 12.2. The molecule has 0 bridgehead atoms. The molecule has 1 fully saturated rings. The normalized spacial score (nSPS) is 21.8. The molecule has 6 nitrogen and oxygen atoms in total. The maximum Gasteiger partial charge on any atom is 0.323 e. The van der Waals surface area contributed by atoms with Gasteiger partial charge in [-0.3, -0.25) is 4.79 Å². The molecule has 0 aromatic carbocycles. The average molecular weight is 300 g/mol. The van der Waals surface area contributed by atoms with Gasteiger partial charge in [-0.1, -0.05) is 19.8 Å². The first-order valence-corrected chi connectivity index (χ1v) is 7.83. The van der Waals surface area contributed by atoms with Crippen LogP contribution in [0.5, 0.6) is 0 Å². The number of ether oxygens (including phenoxy) is 1. The van der Waals surface area contributed by atoms with E-state index < -0.39 is 5.97 Å². The van der Waals surface area contributed by atoms with Gasteiger partial charge >= 0.3 is 12.0 Å². The van der Waals surface area contributed by atoms with Crippen LogP contribution in [0.25, 0.3) is 0 Å². The quantitative estimate of drug-likeness (QED) is 0.719. The van der Waals surface area contributed by atoms with Crippen molar-refractivity contribution in [3.05, 3.63) is 0 Å². The summed E-state index contributed by atoms with van der Waals surface area (Å²) >= 11 is 0. The van der Waals surface area contributed by atoms with E-state index in [-0.39, 0.29) is 18.6 Å². The Kier molecular flexibility index (Phi) is 8.12. The van der Waals surface area contributed by atoms with Gasteiger partial charge in [-0.25, -0.2) is 4.79 Å². The topological polar surface area (TPSA) is 78.9 Å². The minimum atomic E-state index is -1.01. The van der Waals surface area contributed by atoms with Crippen LogP contribution in [0.1, 0.15) is 45.4 Å². The van der Waals surface area contributed by atoms with Gasteiger partial charge in [0, 0.05) is 19.7 Å². The van der Waals surface area contributed by atoms with E-state index in [9.17, 15) is 9.59 Å². The largest absolute Gasteiger partial charge is 0.480 e. The summed E-state index contributed by atoms with van der Waals surface area (Å²) < 4.78 is 4.92. The monoisotopic (exact) mass is 300 g/mol. The first kappa shape index (κ1) is 17.8. The third kappa shape index (κ3) is 6.80.